The maximum atomic E-state index is 11.7. The van der Waals surface area contributed by atoms with Crippen LogP contribution >= 0.6 is 0 Å². The first kappa shape index (κ1) is 16.3. The summed E-state index contributed by atoms with van der Waals surface area (Å²) in [6, 6.07) is 0. The summed E-state index contributed by atoms with van der Waals surface area (Å²) in [5.41, 5.74) is 2.59. The Hall–Kier alpha value is -1.52. The number of nitrogens with one attached hydrogen (secondary N) is 2. The van der Waals surface area contributed by atoms with Gasteiger partial charge in [-0.2, -0.15) is 0 Å². The molecule has 1 aromatic heterocycles. The molecule has 1 saturated carbocycles. The molecule has 3 rings (SSSR count). The van der Waals surface area contributed by atoms with Gasteiger partial charge in [-0.15, -0.1) is 0 Å². The van der Waals surface area contributed by atoms with Crippen LogP contribution in [0.4, 0.5) is 4.79 Å². The molecular formula is C18H29N3O2. The first-order chi connectivity index (χ1) is 10.5. The molecule has 0 aromatic carbocycles. The number of ether oxygens (including phenoxy) is 1. The second-order valence-electron chi connectivity index (χ2n) is 8.77. The minimum absolute atomic E-state index is 0.181. The molecule has 5 heteroatoms. The third-order valence-corrected chi connectivity index (χ3v) is 5.91. The van der Waals surface area contributed by atoms with Crippen molar-refractivity contribution in [3.05, 3.63) is 17.2 Å². The van der Waals surface area contributed by atoms with Crippen molar-refractivity contribution < 1.29 is 9.53 Å². The van der Waals surface area contributed by atoms with Crippen molar-refractivity contribution in [3.8, 4) is 0 Å². The van der Waals surface area contributed by atoms with Crippen molar-refractivity contribution in [2.75, 3.05) is 6.54 Å². The monoisotopic (exact) mass is 319 g/mol. The lowest BCUT2D eigenvalue weighted by Gasteiger charge is -2.34. The van der Waals surface area contributed by atoms with Crippen molar-refractivity contribution in [3.63, 3.8) is 0 Å². The number of fused-ring (bicyclic) bond motifs is 5. The van der Waals surface area contributed by atoms with E-state index in [-0.39, 0.29) is 16.9 Å². The molecule has 1 fully saturated rings. The van der Waals surface area contributed by atoms with Crippen LogP contribution in [0, 0.1) is 5.41 Å². The summed E-state index contributed by atoms with van der Waals surface area (Å²) in [4.78, 5) is 20.1. The molecule has 2 bridgehead atoms. The standard InChI is InChI=1S/C18H29N3O2/c1-16(2,3)23-15(22)19-10-8-12-20-13-11-7-9-18(6,14(13)21-12)17(11,4)5/h11H,7-10H2,1-6H3,(H,19,22)(H,20,21). The van der Waals surface area contributed by atoms with Gasteiger partial charge < -0.3 is 15.0 Å². The van der Waals surface area contributed by atoms with Gasteiger partial charge in [-0.1, -0.05) is 20.8 Å². The van der Waals surface area contributed by atoms with Crippen LogP contribution in [-0.4, -0.2) is 28.2 Å². The Bertz CT molecular complexity index is 627. The molecule has 1 amide bonds. The summed E-state index contributed by atoms with van der Waals surface area (Å²) in [5, 5.41) is 2.80. The minimum atomic E-state index is -0.463. The molecule has 0 saturated heterocycles. The third kappa shape index (κ3) is 2.54. The molecule has 1 heterocycles. The Morgan fingerprint density at radius 3 is 2.70 bits per heavy atom. The number of hydrogen-bond donors (Lipinski definition) is 2. The van der Waals surface area contributed by atoms with Gasteiger partial charge in [0.15, 0.2) is 0 Å². The molecule has 2 atom stereocenters. The van der Waals surface area contributed by atoms with E-state index in [1.807, 2.05) is 20.8 Å². The molecular weight excluding hydrogens is 290 g/mol. The summed E-state index contributed by atoms with van der Waals surface area (Å²) < 4.78 is 5.24. The SMILES string of the molecule is CC(C)(C)OC(=O)NCCc1nc2c([nH]1)C1CCC2(C)C1(C)C. The number of amides is 1. The number of carbonyl (C=O) groups is 1. The normalized spacial score (nSPS) is 27.8. The quantitative estimate of drug-likeness (QED) is 0.893. The molecule has 2 unspecified atom stereocenters. The van der Waals surface area contributed by atoms with Crippen LogP contribution in [0.25, 0.3) is 0 Å². The van der Waals surface area contributed by atoms with Gasteiger partial charge in [0, 0.05) is 30.0 Å². The topological polar surface area (TPSA) is 67.0 Å². The molecule has 2 aliphatic rings. The maximum Gasteiger partial charge on any atom is 0.407 e. The lowest BCUT2D eigenvalue weighted by Crippen LogP contribution is -2.34. The highest BCUT2D eigenvalue weighted by Crippen LogP contribution is 2.66. The van der Waals surface area contributed by atoms with Crippen LogP contribution in [0.3, 0.4) is 0 Å². The summed E-state index contributed by atoms with van der Waals surface area (Å²) in [5.74, 6) is 1.56. The predicted molar refractivity (Wildman–Crippen MR) is 89.6 cm³/mol. The highest BCUT2D eigenvalue weighted by molar-refractivity contribution is 5.67. The zero-order valence-electron chi connectivity index (χ0n) is 15.2. The zero-order chi connectivity index (χ0) is 17.0. The van der Waals surface area contributed by atoms with Crippen LogP contribution < -0.4 is 5.32 Å². The van der Waals surface area contributed by atoms with E-state index in [9.17, 15) is 4.79 Å². The van der Waals surface area contributed by atoms with E-state index >= 15 is 0 Å². The molecule has 1 aromatic rings. The van der Waals surface area contributed by atoms with Crippen molar-refractivity contribution >= 4 is 6.09 Å². The fourth-order valence-electron chi connectivity index (χ4n) is 4.26. The summed E-state index contributed by atoms with van der Waals surface area (Å²) in [6.45, 7) is 13.2. The average Bonchev–Trinajstić information content (AvgIpc) is 2.94. The number of hydrogen-bond acceptors (Lipinski definition) is 3. The zero-order valence-corrected chi connectivity index (χ0v) is 15.2. The van der Waals surface area contributed by atoms with E-state index in [1.165, 1.54) is 24.2 Å². The Labute approximate surface area is 138 Å². The van der Waals surface area contributed by atoms with E-state index in [0.29, 0.717) is 18.9 Å². The molecule has 0 aliphatic heterocycles. The summed E-state index contributed by atoms with van der Waals surface area (Å²) in [7, 11) is 0. The van der Waals surface area contributed by atoms with Crippen molar-refractivity contribution in [2.45, 2.75) is 77.7 Å². The van der Waals surface area contributed by atoms with Crippen molar-refractivity contribution in [2.24, 2.45) is 5.41 Å². The van der Waals surface area contributed by atoms with Gasteiger partial charge in [0.05, 0.1) is 5.69 Å². The largest absolute Gasteiger partial charge is 0.444 e. The summed E-state index contributed by atoms with van der Waals surface area (Å²) in [6.07, 6.45) is 2.80. The molecule has 2 aliphatic carbocycles. The lowest BCUT2D eigenvalue weighted by atomic mass is 9.70. The smallest absolute Gasteiger partial charge is 0.407 e. The average molecular weight is 319 g/mol. The lowest BCUT2D eigenvalue weighted by molar-refractivity contribution is 0.0528. The third-order valence-electron chi connectivity index (χ3n) is 5.91. The van der Waals surface area contributed by atoms with Crippen LogP contribution in [0.15, 0.2) is 0 Å². The van der Waals surface area contributed by atoms with Gasteiger partial charge >= 0.3 is 6.09 Å². The first-order valence-electron chi connectivity index (χ1n) is 8.61. The Morgan fingerprint density at radius 1 is 1.39 bits per heavy atom. The van der Waals surface area contributed by atoms with Gasteiger partial charge in [0.1, 0.15) is 11.4 Å². The molecule has 5 nitrogen and oxygen atoms in total. The second kappa shape index (κ2) is 4.99. The number of H-pyrrole nitrogens is 1. The Kier molecular flexibility index (Phi) is 3.54. The molecule has 23 heavy (non-hydrogen) atoms. The van der Waals surface area contributed by atoms with Crippen molar-refractivity contribution in [1.82, 2.24) is 15.3 Å². The highest BCUT2D eigenvalue weighted by Gasteiger charge is 2.61. The number of imidazole rings is 1. The number of nitrogens with zero attached hydrogens (tertiary/aromatic N) is 1. The molecule has 0 spiro atoms. The predicted octanol–water partition coefficient (Wildman–Crippen LogP) is 3.65. The number of aromatic amines is 1. The van der Waals surface area contributed by atoms with Gasteiger partial charge in [0.25, 0.3) is 0 Å². The van der Waals surface area contributed by atoms with Crippen LogP contribution in [0.2, 0.25) is 0 Å². The van der Waals surface area contributed by atoms with Crippen LogP contribution in [-0.2, 0) is 16.6 Å². The van der Waals surface area contributed by atoms with E-state index in [1.54, 1.807) is 0 Å². The highest BCUT2D eigenvalue weighted by atomic mass is 16.6. The van der Waals surface area contributed by atoms with Crippen LogP contribution in [0.1, 0.15) is 77.5 Å². The Balaban J connectivity index is 1.62. The number of alkyl carbamates (subject to hydrolysis) is 1. The summed E-state index contributed by atoms with van der Waals surface area (Å²) >= 11 is 0. The fourth-order valence-corrected chi connectivity index (χ4v) is 4.26. The number of aromatic nitrogens is 2. The minimum Gasteiger partial charge on any atom is -0.444 e. The van der Waals surface area contributed by atoms with Gasteiger partial charge in [0.2, 0.25) is 0 Å². The van der Waals surface area contributed by atoms with Gasteiger partial charge in [-0.3, -0.25) is 0 Å². The second-order valence-corrected chi connectivity index (χ2v) is 8.77. The van der Waals surface area contributed by atoms with Crippen LogP contribution in [0.5, 0.6) is 0 Å². The van der Waals surface area contributed by atoms with E-state index in [4.69, 9.17) is 9.72 Å². The van der Waals surface area contributed by atoms with E-state index in [2.05, 4.69) is 31.1 Å². The fraction of sp³-hybridized carbons (Fsp3) is 0.778. The van der Waals surface area contributed by atoms with Gasteiger partial charge in [-0.25, -0.2) is 9.78 Å². The number of carbonyl (C=O) groups excluding carboxylic acids is 1. The maximum absolute atomic E-state index is 11.7. The Morgan fingerprint density at radius 2 is 2.09 bits per heavy atom. The molecule has 128 valence electrons. The molecule has 2 N–H and O–H groups in total. The number of rotatable bonds is 3. The van der Waals surface area contributed by atoms with Crippen molar-refractivity contribution in [1.29, 1.82) is 0 Å². The van der Waals surface area contributed by atoms with E-state index < -0.39 is 5.60 Å². The van der Waals surface area contributed by atoms with E-state index in [0.717, 1.165) is 5.82 Å². The first-order valence-corrected chi connectivity index (χ1v) is 8.61. The molecule has 0 radical (unpaired) electrons. The van der Waals surface area contributed by atoms with Gasteiger partial charge in [-0.05, 0) is 39.0 Å².